The lowest BCUT2D eigenvalue weighted by atomic mass is 10.1. The highest BCUT2D eigenvalue weighted by atomic mass is 35.5. The number of benzene rings is 1. The number of aryl methyl sites for hydroxylation is 1. The van der Waals surface area contributed by atoms with Crippen molar-refractivity contribution in [1.82, 2.24) is 0 Å². The largest absolute Gasteiger partial charge is 0.495 e. The van der Waals surface area contributed by atoms with Gasteiger partial charge in [0, 0.05) is 5.02 Å². The molecule has 0 saturated heterocycles. The highest BCUT2D eigenvalue weighted by Gasteiger charge is 2.08. The van der Waals surface area contributed by atoms with Crippen LogP contribution in [0.4, 0.5) is 0 Å². The zero-order valence-corrected chi connectivity index (χ0v) is 9.53. The Kier molecular flexibility index (Phi) is 4.52. The van der Waals surface area contributed by atoms with Crippen LogP contribution < -0.4 is 10.5 Å². The van der Waals surface area contributed by atoms with Crippen LogP contribution in [0.25, 0.3) is 0 Å². The van der Waals surface area contributed by atoms with Crippen LogP contribution in [-0.4, -0.2) is 13.7 Å². The van der Waals surface area contributed by atoms with Gasteiger partial charge in [-0.25, -0.2) is 0 Å². The van der Waals surface area contributed by atoms with E-state index in [9.17, 15) is 0 Å². The van der Waals surface area contributed by atoms with Crippen molar-refractivity contribution < 1.29 is 4.74 Å². The average Bonchev–Trinajstić information content (AvgIpc) is 2.14. The van der Waals surface area contributed by atoms with E-state index in [-0.39, 0.29) is 0 Å². The fraction of sp³-hybridized carbons (Fsp3) is 0.400. The third-order valence-electron chi connectivity index (χ3n) is 1.94. The van der Waals surface area contributed by atoms with E-state index in [0.717, 1.165) is 18.4 Å². The van der Waals surface area contributed by atoms with Gasteiger partial charge in [0.05, 0.1) is 12.1 Å². The smallest absolute Gasteiger partial charge is 0.140 e. The van der Waals surface area contributed by atoms with Crippen molar-refractivity contribution in [2.24, 2.45) is 5.73 Å². The quantitative estimate of drug-likeness (QED) is 0.869. The second-order valence-electron chi connectivity index (χ2n) is 2.97. The zero-order valence-electron chi connectivity index (χ0n) is 8.02. The number of methoxy groups -OCH3 is 1. The predicted octanol–water partition coefficient (Wildman–Crippen LogP) is 2.89. The van der Waals surface area contributed by atoms with Crippen LogP contribution in [-0.2, 0) is 6.42 Å². The van der Waals surface area contributed by atoms with Gasteiger partial charge in [0.1, 0.15) is 5.75 Å². The SMILES string of the molecule is COc1c(Cl)cc(Cl)cc1CCCN. The summed E-state index contributed by atoms with van der Waals surface area (Å²) in [5.41, 5.74) is 6.45. The lowest BCUT2D eigenvalue weighted by Crippen LogP contribution is -2.01. The normalized spacial score (nSPS) is 10.3. The molecule has 78 valence electrons. The first-order valence-corrected chi connectivity index (χ1v) is 5.16. The Morgan fingerprint density at radius 2 is 2.07 bits per heavy atom. The predicted molar refractivity (Wildman–Crippen MR) is 60.4 cm³/mol. The summed E-state index contributed by atoms with van der Waals surface area (Å²) in [5.74, 6) is 0.699. The third kappa shape index (κ3) is 2.77. The summed E-state index contributed by atoms with van der Waals surface area (Å²) in [7, 11) is 1.60. The Balaban J connectivity index is 2.99. The van der Waals surface area contributed by atoms with Crippen LogP contribution in [0.2, 0.25) is 10.0 Å². The monoisotopic (exact) mass is 233 g/mol. The van der Waals surface area contributed by atoms with Gasteiger partial charge in [-0.3, -0.25) is 0 Å². The molecule has 2 nitrogen and oxygen atoms in total. The fourth-order valence-corrected chi connectivity index (χ4v) is 1.93. The van der Waals surface area contributed by atoms with Crippen LogP contribution in [0.5, 0.6) is 5.75 Å². The van der Waals surface area contributed by atoms with E-state index in [2.05, 4.69) is 0 Å². The molecule has 0 atom stereocenters. The number of rotatable bonds is 4. The molecule has 1 aromatic carbocycles. The van der Waals surface area contributed by atoms with E-state index in [4.69, 9.17) is 33.7 Å². The van der Waals surface area contributed by atoms with Crippen LogP contribution in [0, 0.1) is 0 Å². The molecule has 0 aliphatic heterocycles. The van der Waals surface area contributed by atoms with E-state index in [1.54, 1.807) is 13.2 Å². The second kappa shape index (κ2) is 5.44. The number of hydrogen-bond acceptors (Lipinski definition) is 2. The molecule has 14 heavy (non-hydrogen) atoms. The highest BCUT2D eigenvalue weighted by molar-refractivity contribution is 6.35. The summed E-state index contributed by atoms with van der Waals surface area (Å²) in [6, 6.07) is 3.54. The topological polar surface area (TPSA) is 35.2 Å². The molecule has 4 heteroatoms. The van der Waals surface area contributed by atoms with E-state index < -0.39 is 0 Å². The first-order chi connectivity index (χ1) is 6.69. The number of nitrogens with two attached hydrogens (primary N) is 1. The Morgan fingerprint density at radius 1 is 1.36 bits per heavy atom. The van der Waals surface area contributed by atoms with Gasteiger partial charge in [0.25, 0.3) is 0 Å². The summed E-state index contributed by atoms with van der Waals surface area (Å²) in [5, 5.41) is 1.18. The summed E-state index contributed by atoms with van der Waals surface area (Å²) < 4.78 is 5.20. The third-order valence-corrected chi connectivity index (χ3v) is 2.44. The Hall–Kier alpha value is -0.440. The minimum Gasteiger partial charge on any atom is -0.495 e. The van der Waals surface area contributed by atoms with Gasteiger partial charge >= 0.3 is 0 Å². The summed E-state index contributed by atoms with van der Waals surface area (Å²) >= 11 is 11.9. The van der Waals surface area contributed by atoms with E-state index in [1.807, 2.05) is 6.07 Å². The molecular formula is C10H13Cl2NO. The molecule has 0 radical (unpaired) electrons. The van der Waals surface area contributed by atoms with Crippen molar-refractivity contribution in [2.45, 2.75) is 12.8 Å². The molecule has 1 rings (SSSR count). The average molecular weight is 234 g/mol. The first-order valence-electron chi connectivity index (χ1n) is 4.41. The molecule has 0 bridgehead atoms. The molecule has 0 aliphatic carbocycles. The van der Waals surface area contributed by atoms with Crippen LogP contribution >= 0.6 is 23.2 Å². The van der Waals surface area contributed by atoms with Gasteiger partial charge in [-0.1, -0.05) is 23.2 Å². The Bertz CT molecular complexity index is 315. The second-order valence-corrected chi connectivity index (χ2v) is 3.82. The van der Waals surface area contributed by atoms with Gasteiger partial charge in [-0.05, 0) is 37.1 Å². The highest BCUT2D eigenvalue weighted by Crippen LogP contribution is 2.32. The van der Waals surface area contributed by atoms with Crippen molar-refractivity contribution in [3.05, 3.63) is 27.7 Å². The van der Waals surface area contributed by atoms with Gasteiger partial charge in [-0.15, -0.1) is 0 Å². The van der Waals surface area contributed by atoms with E-state index >= 15 is 0 Å². The maximum absolute atomic E-state index is 5.97. The van der Waals surface area contributed by atoms with Crippen molar-refractivity contribution >= 4 is 23.2 Å². The molecule has 1 aromatic rings. The van der Waals surface area contributed by atoms with Crippen molar-refractivity contribution in [3.8, 4) is 5.75 Å². The standard InChI is InChI=1S/C10H13Cl2NO/c1-14-10-7(3-2-4-13)5-8(11)6-9(10)12/h5-6H,2-4,13H2,1H3. The maximum atomic E-state index is 5.97. The summed E-state index contributed by atoms with van der Waals surface area (Å²) in [6.45, 7) is 0.646. The molecule has 0 unspecified atom stereocenters. The molecule has 0 heterocycles. The summed E-state index contributed by atoms with van der Waals surface area (Å²) in [4.78, 5) is 0. The van der Waals surface area contributed by atoms with Gasteiger partial charge in [0.15, 0.2) is 0 Å². The number of ether oxygens (including phenoxy) is 1. The van der Waals surface area contributed by atoms with Crippen LogP contribution in [0.1, 0.15) is 12.0 Å². The molecule has 0 aliphatic rings. The molecule has 0 aromatic heterocycles. The number of hydrogen-bond donors (Lipinski definition) is 1. The van der Waals surface area contributed by atoms with Crippen molar-refractivity contribution in [2.75, 3.05) is 13.7 Å². The zero-order chi connectivity index (χ0) is 10.6. The minimum absolute atomic E-state index is 0.548. The molecule has 0 amide bonds. The number of halogens is 2. The van der Waals surface area contributed by atoms with Crippen LogP contribution in [0.3, 0.4) is 0 Å². The van der Waals surface area contributed by atoms with Gasteiger partial charge in [-0.2, -0.15) is 0 Å². The first kappa shape index (κ1) is 11.6. The van der Waals surface area contributed by atoms with Crippen molar-refractivity contribution in [3.63, 3.8) is 0 Å². The van der Waals surface area contributed by atoms with Gasteiger partial charge < -0.3 is 10.5 Å². The minimum atomic E-state index is 0.548. The molecule has 0 saturated carbocycles. The lowest BCUT2D eigenvalue weighted by Gasteiger charge is -2.10. The fourth-order valence-electron chi connectivity index (χ4n) is 1.32. The summed E-state index contributed by atoms with van der Waals surface area (Å²) in [6.07, 6.45) is 1.73. The molecule has 2 N–H and O–H groups in total. The molecular weight excluding hydrogens is 221 g/mol. The van der Waals surface area contributed by atoms with Crippen LogP contribution in [0.15, 0.2) is 12.1 Å². The molecule has 0 spiro atoms. The Labute approximate surface area is 94.0 Å². The van der Waals surface area contributed by atoms with E-state index in [1.165, 1.54) is 0 Å². The van der Waals surface area contributed by atoms with E-state index in [0.29, 0.717) is 22.3 Å². The van der Waals surface area contributed by atoms with Gasteiger partial charge in [0.2, 0.25) is 0 Å². The molecule has 0 fully saturated rings. The van der Waals surface area contributed by atoms with Crippen molar-refractivity contribution in [1.29, 1.82) is 0 Å². The lowest BCUT2D eigenvalue weighted by molar-refractivity contribution is 0.409. The Morgan fingerprint density at radius 3 is 2.64 bits per heavy atom. The maximum Gasteiger partial charge on any atom is 0.140 e.